The van der Waals surface area contributed by atoms with Crippen LogP contribution in [0.3, 0.4) is 0 Å². The minimum atomic E-state index is 0.695. The molecule has 1 aromatic rings. The Kier molecular flexibility index (Phi) is 5.01. The van der Waals surface area contributed by atoms with E-state index in [1.807, 2.05) is 11.3 Å². The molecule has 3 heteroatoms. The Bertz CT molecular complexity index is 310. The standard InChI is InChI=1S/C14H24N2S/c1-3-12-11-16(13(4-2)10-15-12)8-7-14-6-5-9-17-14/h5-6,9,12-13,15H,3-4,7-8,10-11H2,1-2H3. The average Bonchev–Trinajstić information content (AvgIpc) is 2.89. The highest BCUT2D eigenvalue weighted by Crippen LogP contribution is 2.15. The van der Waals surface area contributed by atoms with E-state index in [1.165, 1.54) is 43.8 Å². The first kappa shape index (κ1) is 13.1. The average molecular weight is 252 g/mol. The van der Waals surface area contributed by atoms with Gasteiger partial charge in [0.25, 0.3) is 0 Å². The van der Waals surface area contributed by atoms with Crippen molar-refractivity contribution < 1.29 is 0 Å². The SMILES string of the molecule is CCC1CN(CCc2cccs2)C(CC)CN1. The lowest BCUT2D eigenvalue weighted by Gasteiger charge is -2.40. The molecule has 2 rings (SSSR count). The molecule has 0 aromatic carbocycles. The molecule has 96 valence electrons. The fourth-order valence-corrected chi connectivity index (χ4v) is 3.29. The topological polar surface area (TPSA) is 15.3 Å². The van der Waals surface area contributed by atoms with Gasteiger partial charge in [0.2, 0.25) is 0 Å². The highest BCUT2D eigenvalue weighted by molar-refractivity contribution is 7.09. The van der Waals surface area contributed by atoms with E-state index >= 15 is 0 Å². The molecule has 1 aliphatic heterocycles. The molecule has 1 aliphatic rings. The third-order valence-corrected chi connectivity index (χ3v) is 4.74. The molecule has 2 atom stereocenters. The van der Waals surface area contributed by atoms with Crippen LogP contribution in [0.4, 0.5) is 0 Å². The molecule has 2 nitrogen and oxygen atoms in total. The van der Waals surface area contributed by atoms with Crippen molar-refractivity contribution in [3.8, 4) is 0 Å². The minimum absolute atomic E-state index is 0.695. The highest BCUT2D eigenvalue weighted by Gasteiger charge is 2.25. The molecule has 2 unspecified atom stereocenters. The highest BCUT2D eigenvalue weighted by atomic mass is 32.1. The van der Waals surface area contributed by atoms with Crippen LogP contribution in [0.1, 0.15) is 31.6 Å². The van der Waals surface area contributed by atoms with Crippen LogP contribution in [0.25, 0.3) is 0 Å². The van der Waals surface area contributed by atoms with Crippen LogP contribution in [0, 0.1) is 0 Å². The van der Waals surface area contributed by atoms with Gasteiger partial charge in [-0.3, -0.25) is 4.90 Å². The summed E-state index contributed by atoms with van der Waals surface area (Å²) in [6.07, 6.45) is 3.71. The van der Waals surface area contributed by atoms with E-state index in [1.54, 1.807) is 0 Å². The molecule has 1 aromatic heterocycles. The molecule has 1 fully saturated rings. The summed E-state index contributed by atoms with van der Waals surface area (Å²) in [6.45, 7) is 8.19. The fraction of sp³-hybridized carbons (Fsp3) is 0.714. The van der Waals surface area contributed by atoms with Crippen molar-refractivity contribution in [3.05, 3.63) is 22.4 Å². The second-order valence-electron chi connectivity index (χ2n) is 4.90. The first-order chi connectivity index (χ1) is 8.33. The molecule has 0 saturated carbocycles. The Labute approximate surface area is 109 Å². The summed E-state index contributed by atoms with van der Waals surface area (Å²) in [5.74, 6) is 0. The summed E-state index contributed by atoms with van der Waals surface area (Å²) in [4.78, 5) is 4.20. The van der Waals surface area contributed by atoms with Gasteiger partial charge in [0.1, 0.15) is 0 Å². The predicted molar refractivity (Wildman–Crippen MR) is 75.8 cm³/mol. The van der Waals surface area contributed by atoms with Crippen molar-refractivity contribution in [2.24, 2.45) is 0 Å². The summed E-state index contributed by atoms with van der Waals surface area (Å²) in [5, 5.41) is 5.83. The van der Waals surface area contributed by atoms with Gasteiger partial charge in [-0.05, 0) is 30.7 Å². The molecule has 0 spiro atoms. The Morgan fingerprint density at radius 1 is 1.41 bits per heavy atom. The van der Waals surface area contributed by atoms with Crippen LogP contribution in [0.2, 0.25) is 0 Å². The molecule has 0 bridgehead atoms. The summed E-state index contributed by atoms with van der Waals surface area (Å²) in [5.41, 5.74) is 0. The van der Waals surface area contributed by atoms with Crippen LogP contribution in [-0.2, 0) is 6.42 Å². The quantitative estimate of drug-likeness (QED) is 0.867. The number of piperazine rings is 1. The number of thiophene rings is 1. The molecular weight excluding hydrogens is 228 g/mol. The van der Waals surface area contributed by atoms with Crippen LogP contribution in [-0.4, -0.2) is 36.6 Å². The second-order valence-corrected chi connectivity index (χ2v) is 5.93. The molecule has 17 heavy (non-hydrogen) atoms. The van der Waals surface area contributed by atoms with Crippen molar-refractivity contribution in [1.29, 1.82) is 0 Å². The van der Waals surface area contributed by atoms with Gasteiger partial charge in [0.05, 0.1) is 0 Å². The Morgan fingerprint density at radius 2 is 2.29 bits per heavy atom. The smallest absolute Gasteiger partial charge is 0.0218 e. The maximum absolute atomic E-state index is 3.65. The van der Waals surface area contributed by atoms with Gasteiger partial charge < -0.3 is 5.32 Å². The zero-order chi connectivity index (χ0) is 12.1. The van der Waals surface area contributed by atoms with Gasteiger partial charge in [-0.25, -0.2) is 0 Å². The zero-order valence-corrected chi connectivity index (χ0v) is 11.8. The van der Waals surface area contributed by atoms with Crippen molar-refractivity contribution in [2.45, 2.75) is 45.2 Å². The lowest BCUT2D eigenvalue weighted by Crippen LogP contribution is -2.56. The predicted octanol–water partition coefficient (Wildman–Crippen LogP) is 2.75. The van der Waals surface area contributed by atoms with Gasteiger partial charge in [-0.15, -0.1) is 11.3 Å². The number of rotatable bonds is 5. The molecular formula is C14H24N2S. The van der Waals surface area contributed by atoms with E-state index < -0.39 is 0 Å². The van der Waals surface area contributed by atoms with E-state index in [2.05, 4.69) is 41.6 Å². The molecule has 2 heterocycles. The second kappa shape index (κ2) is 6.53. The lowest BCUT2D eigenvalue weighted by atomic mass is 10.0. The largest absolute Gasteiger partial charge is 0.311 e. The molecule has 1 saturated heterocycles. The third-order valence-electron chi connectivity index (χ3n) is 3.80. The molecule has 0 aliphatic carbocycles. The van der Waals surface area contributed by atoms with Gasteiger partial charge >= 0.3 is 0 Å². The summed E-state index contributed by atoms with van der Waals surface area (Å²) < 4.78 is 0. The number of nitrogens with one attached hydrogen (secondary N) is 1. The van der Waals surface area contributed by atoms with E-state index in [9.17, 15) is 0 Å². The van der Waals surface area contributed by atoms with Gasteiger partial charge in [0.15, 0.2) is 0 Å². The summed E-state index contributed by atoms with van der Waals surface area (Å²) in [7, 11) is 0. The van der Waals surface area contributed by atoms with Gasteiger partial charge in [0, 0.05) is 36.6 Å². The Morgan fingerprint density at radius 3 is 2.94 bits per heavy atom. The number of nitrogens with zero attached hydrogens (tertiary/aromatic N) is 1. The Balaban J connectivity index is 1.86. The van der Waals surface area contributed by atoms with Crippen LogP contribution in [0.5, 0.6) is 0 Å². The summed E-state index contributed by atoms with van der Waals surface area (Å²) in [6, 6.07) is 5.84. The van der Waals surface area contributed by atoms with E-state index in [0.717, 1.165) is 6.04 Å². The van der Waals surface area contributed by atoms with E-state index in [0.29, 0.717) is 6.04 Å². The first-order valence-electron chi connectivity index (χ1n) is 6.83. The summed E-state index contributed by atoms with van der Waals surface area (Å²) >= 11 is 1.88. The number of hydrogen-bond acceptors (Lipinski definition) is 3. The van der Waals surface area contributed by atoms with Crippen LogP contribution in [0.15, 0.2) is 17.5 Å². The van der Waals surface area contributed by atoms with E-state index in [-0.39, 0.29) is 0 Å². The normalized spacial score (nSPS) is 26.2. The van der Waals surface area contributed by atoms with Crippen LogP contribution < -0.4 is 5.32 Å². The third kappa shape index (κ3) is 3.54. The van der Waals surface area contributed by atoms with Crippen molar-refractivity contribution in [3.63, 3.8) is 0 Å². The van der Waals surface area contributed by atoms with Crippen molar-refractivity contribution >= 4 is 11.3 Å². The monoisotopic (exact) mass is 252 g/mol. The molecule has 0 radical (unpaired) electrons. The lowest BCUT2D eigenvalue weighted by molar-refractivity contribution is 0.127. The number of hydrogen-bond donors (Lipinski definition) is 1. The fourth-order valence-electron chi connectivity index (χ4n) is 2.59. The molecule has 0 amide bonds. The van der Waals surface area contributed by atoms with E-state index in [4.69, 9.17) is 0 Å². The minimum Gasteiger partial charge on any atom is -0.311 e. The Hall–Kier alpha value is -0.380. The van der Waals surface area contributed by atoms with Crippen molar-refractivity contribution in [2.75, 3.05) is 19.6 Å². The van der Waals surface area contributed by atoms with Gasteiger partial charge in [-0.1, -0.05) is 19.9 Å². The first-order valence-corrected chi connectivity index (χ1v) is 7.71. The molecule has 1 N–H and O–H groups in total. The van der Waals surface area contributed by atoms with Gasteiger partial charge in [-0.2, -0.15) is 0 Å². The van der Waals surface area contributed by atoms with Crippen molar-refractivity contribution in [1.82, 2.24) is 10.2 Å². The maximum Gasteiger partial charge on any atom is 0.0218 e. The maximum atomic E-state index is 3.65. The van der Waals surface area contributed by atoms with Crippen LogP contribution >= 0.6 is 11.3 Å². The zero-order valence-electron chi connectivity index (χ0n) is 11.0.